The van der Waals surface area contributed by atoms with E-state index in [1.54, 1.807) is 37.3 Å². The summed E-state index contributed by atoms with van der Waals surface area (Å²) in [6.07, 6.45) is 1.46. The van der Waals surface area contributed by atoms with Gasteiger partial charge in [0.1, 0.15) is 23.0 Å². The Morgan fingerprint density at radius 2 is 1.84 bits per heavy atom. The first-order valence-corrected chi connectivity index (χ1v) is 11.8. The van der Waals surface area contributed by atoms with Gasteiger partial charge in [0, 0.05) is 17.8 Å². The van der Waals surface area contributed by atoms with Gasteiger partial charge < -0.3 is 10.6 Å². The molecule has 2 aromatic carbocycles. The number of carbonyl (C=O) groups is 2. The maximum atomic E-state index is 14.3. The molecule has 0 radical (unpaired) electrons. The molecule has 3 heterocycles. The quantitative estimate of drug-likeness (QED) is 0.287. The lowest BCUT2D eigenvalue weighted by atomic mass is 10.1. The number of carbonyl (C=O) groups excluding carboxylic acids is 2. The van der Waals surface area contributed by atoms with Crippen LogP contribution < -0.4 is 10.6 Å². The van der Waals surface area contributed by atoms with E-state index in [0.717, 1.165) is 0 Å². The number of pyridine rings is 1. The second-order valence-corrected chi connectivity index (χ2v) is 8.59. The largest absolute Gasteiger partial charge is 0.345 e. The highest BCUT2D eigenvalue weighted by Crippen LogP contribution is 2.27. The number of amides is 2. The van der Waals surface area contributed by atoms with Crippen molar-refractivity contribution in [2.75, 3.05) is 5.32 Å². The predicted molar refractivity (Wildman–Crippen MR) is 138 cm³/mol. The molecule has 0 saturated carbocycles. The fraction of sp³-hybridized carbons (Fsp3) is 0.0769. The molecule has 2 amide bonds. The number of hydrogen-bond acceptors (Lipinski definition) is 6. The zero-order valence-electron chi connectivity index (χ0n) is 19.9. The number of halogens is 2. The number of para-hydroxylation sites is 1. The average molecular weight is 531 g/mol. The molecule has 0 fully saturated rings. The number of aromatic amines is 1. The molecule has 3 aromatic heterocycles. The van der Waals surface area contributed by atoms with Gasteiger partial charge in [-0.1, -0.05) is 35.9 Å². The Hall–Kier alpha value is -4.90. The summed E-state index contributed by atoms with van der Waals surface area (Å²) in [6, 6.07) is 17.7. The number of aromatic nitrogens is 6. The third-order valence-corrected chi connectivity index (χ3v) is 5.99. The van der Waals surface area contributed by atoms with Crippen LogP contribution in [-0.4, -0.2) is 42.0 Å². The third-order valence-electron chi connectivity index (χ3n) is 5.66. The van der Waals surface area contributed by atoms with Crippen LogP contribution in [0.15, 0.2) is 72.9 Å². The van der Waals surface area contributed by atoms with Crippen LogP contribution in [0.2, 0.25) is 5.02 Å². The van der Waals surface area contributed by atoms with Crippen LogP contribution in [0.5, 0.6) is 0 Å². The molecule has 5 rings (SSSR count). The predicted octanol–water partition coefficient (Wildman–Crippen LogP) is 4.34. The number of nitrogens with zero attached hydrogens (tertiary/aromatic N) is 5. The van der Waals surface area contributed by atoms with Gasteiger partial charge in [-0.3, -0.25) is 14.6 Å². The Bertz CT molecular complexity index is 1630. The molecule has 0 aliphatic heterocycles. The summed E-state index contributed by atoms with van der Waals surface area (Å²) in [7, 11) is 0. The number of hydrogen-bond donors (Lipinski definition) is 3. The summed E-state index contributed by atoms with van der Waals surface area (Å²) < 4.78 is 15.7. The zero-order chi connectivity index (χ0) is 26.6. The van der Waals surface area contributed by atoms with Gasteiger partial charge in [-0.15, -0.1) is 0 Å². The number of nitrogens with one attached hydrogen (secondary N) is 3. The number of H-pyrrole nitrogens is 1. The van der Waals surface area contributed by atoms with Gasteiger partial charge in [-0.2, -0.15) is 20.5 Å². The highest BCUT2D eigenvalue weighted by Gasteiger charge is 2.20. The molecule has 3 N–H and O–H groups in total. The normalized spacial score (nSPS) is 10.8. The summed E-state index contributed by atoms with van der Waals surface area (Å²) in [5.74, 6) is -1.34. The average Bonchev–Trinajstić information content (AvgIpc) is 3.54. The Labute approximate surface area is 220 Å². The van der Waals surface area contributed by atoms with E-state index in [4.69, 9.17) is 11.6 Å². The molecule has 10 nitrogen and oxygen atoms in total. The Morgan fingerprint density at radius 1 is 1.03 bits per heavy atom. The molecule has 0 atom stereocenters. The van der Waals surface area contributed by atoms with Crippen molar-refractivity contribution in [3.05, 3.63) is 106 Å². The summed E-state index contributed by atoms with van der Waals surface area (Å²) in [5.41, 5.74) is 2.52. The Morgan fingerprint density at radius 3 is 2.58 bits per heavy atom. The van der Waals surface area contributed by atoms with Crippen molar-refractivity contribution in [1.29, 1.82) is 0 Å². The van der Waals surface area contributed by atoms with Gasteiger partial charge >= 0.3 is 0 Å². The lowest BCUT2D eigenvalue weighted by Crippen LogP contribution is -2.24. The van der Waals surface area contributed by atoms with Crippen molar-refractivity contribution in [2.45, 2.75) is 13.5 Å². The SMILES string of the molecule is Cc1n[nH]nc1CNC(=O)c1cc(NC(=O)c2cc(-c3ncccc3F)ccc2Cl)n(-c2ccccc2)n1. The van der Waals surface area contributed by atoms with Crippen LogP contribution >= 0.6 is 11.6 Å². The summed E-state index contributed by atoms with van der Waals surface area (Å²) >= 11 is 6.32. The van der Waals surface area contributed by atoms with E-state index >= 15 is 0 Å². The first-order chi connectivity index (χ1) is 18.4. The van der Waals surface area contributed by atoms with Gasteiger partial charge in [0.2, 0.25) is 0 Å². The Balaban J connectivity index is 1.44. The van der Waals surface area contributed by atoms with Gasteiger partial charge in [0.25, 0.3) is 11.8 Å². The van der Waals surface area contributed by atoms with Crippen LogP contribution in [0.4, 0.5) is 10.2 Å². The van der Waals surface area contributed by atoms with Crippen molar-refractivity contribution in [1.82, 2.24) is 35.5 Å². The number of rotatable bonds is 7. The van der Waals surface area contributed by atoms with Gasteiger partial charge in [-0.05, 0) is 43.3 Å². The van der Waals surface area contributed by atoms with Crippen LogP contribution in [0.25, 0.3) is 16.9 Å². The highest BCUT2D eigenvalue weighted by molar-refractivity contribution is 6.34. The lowest BCUT2D eigenvalue weighted by Gasteiger charge is -2.11. The van der Waals surface area contributed by atoms with Gasteiger partial charge in [0.15, 0.2) is 5.69 Å². The highest BCUT2D eigenvalue weighted by atomic mass is 35.5. The monoisotopic (exact) mass is 530 g/mol. The van der Waals surface area contributed by atoms with Crippen LogP contribution in [-0.2, 0) is 6.54 Å². The molecule has 0 aliphatic rings. The standard InChI is InChI=1S/C26H20ClFN8O2/c1-15-22(33-35-32-15)14-30-26(38)21-13-23(36(34-21)17-6-3-2-4-7-17)31-25(37)18-12-16(9-10-19(18)27)24-20(28)8-5-11-29-24/h2-13H,14H2,1H3,(H,30,38)(H,31,37)(H,32,33,35). The van der Waals surface area contributed by atoms with Crippen molar-refractivity contribution >= 4 is 29.2 Å². The smallest absolute Gasteiger partial charge is 0.272 e. The van der Waals surface area contributed by atoms with Crippen LogP contribution in [0.1, 0.15) is 32.2 Å². The lowest BCUT2D eigenvalue weighted by molar-refractivity contribution is 0.0944. The summed E-state index contributed by atoms with van der Waals surface area (Å²) in [5, 5.41) is 20.5. The van der Waals surface area contributed by atoms with Crippen LogP contribution in [0, 0.1) is 12.7 Å². The number of benzene rings is 2. The molecule has 0 spiro atoms. The van der Waals surface area contributed by atoms with E-state index in [0.29, 0.717) is 22.6 Å². The van der Waals surface area contributed by atoms with E-state index in [1.165, 1.54) is 41.2 Å². The molecule has 38 heavy (non-hydrogen) atoms. The molecular formula is C26H20ClFN8O2. The number of aryl methyl sites for hydroxylation is 1. The molecule has 5 aromatic rings. The van der Waals surface area contributed by atoms with E-state index in [1.807, 2.05) is 6.07 Å². The molecule has 12 heteroatoms. The summed E-state index contributed by atoms with van der Waals surface area (Å²) in [4.78, 5) is 30.2. The fourth-order valence-corrected chi connectivity index (χ4v) is 3.91. The van der Waals surface area contributed by atoms with Crippen LogP contribution in [0.3, 0.4) is 0 Å². The minimum atomic E-state index is -0.574. The fourth-order valence-electron chi connectivity index (χ4n) is 3.70. The molecular weight excluding hydrogens is 511 g/mol. The maximum Gasteiger partial charge on any atom is 0.272 e. The first kappa shape index (κ1) is 24.8. The van der Waals surface area contributed by atoms with Gasteiger partial charge in [-0.25, -0.2) is 9.07 Å². The zero-order valence-corrected chi connectivity index (χ0v) is 20.7. The number of anilines is 1. The maximum absolute atomic E-state index is 14.3. The molecule has 0 unspecified atom stereocenters. The van der Waals surface area contributed by atoms with E-state index in [2.05, 4.69) is 36.1 Å². The van der Waals surface area contributed by atoms with E-state index in [-0.39, 0.29) is 34.3 Å². The van der Waals surface area contributed by atoms with Gasteiger partial charge in [0.05, 0.1) is 28.5 Å². The topological polar surface area (TPSA) is 130 Å². The first-order valence-electron chi connectivity index (χ1n) is 11.4. The minimum absolute atomic E-state index is 0.0701. The molecule has 0 bridgehead atoms. The van der Waals surface area contributed by atoms with Crippen molar-refractivity contribution in [3.63, 3.8) is 0 Å². The van der Waals surface area contributed by atoms with Crippen molar-refractivity contribution < 1.29 is 14.0 Å². The summed E-state index contributed by atoms with van der Waals surface area (Å²) in [6.45, 7) is 1.92. The second kappa shape index (κ2) is 10.6. The minimum Gasteiger partial charge on any atom is -0.345 e. The second-order valence-electron chi connectivity index (χ2n) is 8.18. The molecule has 0 aliphatic carbocycles. The van der Waals surface area contributed by atoms with Crippen molar-refractivity contribution in [2.24, 2.45) is 0 Å². The Kier molecular flexibility index (Phi) is 6.92. The molecule has 190 valence electrons. The molecule has 0 saturated heterocycles. The van der Waals surface area contributed by atoms with E-state index < -0.39 is 17.6 Å². The third kappa shape index (κ3) is 5.13. The van der Waals surface area contributed by atoms with E-state index in [9.17, 15) is 14.0 Å². The van der Waals surface area contributed by atoms with Crippen molar-refractivity contribution in [3.8, 4) is 16.9 Å².